The van der Waals surface area contributed by atoms with Crippen LogP contribution in [0.15, 0.2) is 0 Å². The van der Waals surface area contributed by atoms with Gasteiger partial charge in [0.25, 0.3) is 0 Å². The lowest BCUT2D eigenvalue weighted by molar-refractivity contribution is -0.932. The van der Waals surface area contributed by atoms with E-state index in [0.29, 0.717) is 32.4 Å². The number of rotatable bonds is 3. The molecule has 0 aromatic carbocycles. The lowest BCUT2D eigenvalue weighted by Gasteiger charge is -2.72. The van der Waals surface area contributed by atoms with Gasteiger partial charge in [0.1, 0.15) is 18.2 Å². The molecule has 178 valence electrons. The Morgan fingerprint density at radius 1 is 1.34 bits per heavy atom. The van der Waals surface area contributed by atoms with Crippen molar-refractivity contribution in [1.82, 2.24) is 0 Å². The number of hydroxylamine groups is 3. The van der Waals surface area contributed by atoms with E-state index in [1.54, 1.807) is 7.11 Å². The smallest absolute Gasteiger partial charge is 0.312 e. The minimum Gasteiger partial charge on any atom is -0.633 e. The molecule has 7 fully saturated rings. The van der Waals surface area contributed by atoms with Crippen LogP contribution in [-0.2, 0) is 23.8 Å². The molecule has 1 unspecified atom stereocenters. The van der Waals surface area contributed by atoms with Crippen LogP contribution in [0, 0.1) is 39.7 Å². The summed E-state index contributed by atoms with van der Waals surface area (Å²) in [6.45, 7) is 6.32. The fraction of sp³-hybridized carbons (Fsp3) is 0.917. The van der Waals surface area contributed by atoms with Crippen molar-refractivity contribution < 1.29 is 33.6 Å². The van der Waals surface area contributed by atoms with Crippen LogP contribution in [0.3, 0.4) is 0 Å². The zero-order chi connectivity index (χ0) is 22.8. The van der Waals surface area contributed by atoms with Crippen LogP contribution in [-0.4, -0.2) is 71.8 Å². The summed E-state index contributed by atoms with van der Waals surface area (Å²) in [6, 6.07) is -0.462. The van der Waals surface area contributed by atoms with Gasteiger partial charge in [0.2, 0.25) is 0 Å². The van der Waals surface area contributed by atoms with Crippen molar-refractivity contribution in [3.05, 3.63) is 5.21 Å². The van der Waals surface area contributed by atoms with E-state index in [0.717, 1.165) is 12.8 Å². The molecular formula is C24H35NO7. The fourth-order valence-corrected chi connectivity index (χ4v) is 10.2. The number of carbonyl (C=O) groups is 2. The van der Waals surface area contributed by atoms with Crippen molar-refractivity contribution in [3.63, 3.8) is 0 Å². The zero-order valence-electron chi connectivity index (χ0n) is 19.4. The maximum atomic E-state index is 14.7. The highest BCUT2D eigenvalue weighted by atomic mass is 16.6. The van der Waals surface area contributed by atoms with E-state index >= 15 is 0 Å². The van der Waals surface area contributed by atoms with Gasteiger partial charge in [-0.2, -0.15) is 0 Å². The predicted molar refractivity (Wildman–Crippen MR) is 112 cm³/mol. The first-order chi connectivity index (χ1) is 15.1. The fourth-order valence-electron chi connectivity index (χ4n) is 10.2. The molecule has 7 rings (SSSR count). The molecule has 3 saturated heterocycles. The van der Waals surface area contributed by atoms with Gasteiger partial charge in [0, 0.05) is 25.4 Å². The number of quaternary nitrogens is 1. The molecule has 12 atom stereocenters. The lowest BCUT2D eigenvalue weighted by Crippen LogP contribution is -2.80. The third-order valence-corrected chi connectivity index (χ3v) is 10.7. The third-order valence-electron chi connectivity index (χ3n) is 10.7. The highest BCUT2D eigenvalue weighted by molar-refractivity contribution is 5.77. The van der Waals surface area contributed by atoms with Crippen molar-refractivity contribution >= 4 is 11.9 Å². The Labute approximate surface area is 188 Å². The number of hydrogen-bond acceptors (Lipinski definition) is 7. The average Bonchev–Trinajstić information content (AvgIpc) is 2.78. The van der Waals surface area contributed by atoms with Gasteiger partial charge in [-0.15, -0.1) is 0 Å². The number of carbonyl (C=O) groups excluding carboxylic acids is 2. The number of esters is 2. The van der Waals surface area contributed by atoms with Crippen molar-refractivity contribution in [2.75, 3.05) is 20.2 Å². The normalized spacial score (nSPS) is 59.4. The first-order valence-corrected chi connectivity index (χ1v) is 12.3. The molecule has 7 aliphatic rings. The van der Waals surface area contributed by atoms with Crippen LogP contribution in [0.25, 0.3) is 0 Å². The summed E-state index contributed by atoms with van der Waals surface area (Å²) in [4.78, 5) is 25.7. The van der Waals surface area contributed by atoms with Crippen molar-refractivity contribution in [2.45, 2.75) is 82.8 Å². The van der Waals surface area contributed by atoms with E-state index in [-0.39, 0.29) is 35.4 Å². The Morgan fingerprint density at radius 3 is 2.75 bits per heavy atom. The van der Waals surface area contributed by atoms with Crippen molar-refractivity contribution in [3.8, 4) is 0 Å². The molecule has 1 spiro atoms. The van der Waals surface area contributed by atoms with Crippen LogP contribution in [0.5, 0.6) is 0 Å². The molecule has 8 heteroatoms. The average molecular weight is 450 g/mol. The molecule has 32 heavy (non-hydrogen) atoms. The Balaban J connectivity index is 1.69. The topological polar surface area (TPSA) is 105 Å². The molecule has 0 radical (unpaired) electrons. The van der Waals surface area contributed by atoms with Gasteiger partial charge in [-0.05, 0) is 44.9 Å². The van der Waals surface area contributed by atoms with E-state index in [9.17, 15) is 19.9 Å². The predicted octanol–water partition coefficient (Wildman–Crippen LogP) is 1.77. The van der Waals surface area contributed by atoms with Gasteiger partial charge in [-0.1, -0.05) is 6.92 Å². The molecule has 4 saturated carbocycles. The molecule has 3 aliphatic heterocycles. The van der Waals surface area contributed by atoms with Crippen LogP contribution >= 0.6 is 0 Å². The summed E-state index contributed by atoms with van der Waals surface area (Å²) < 4.78 is 17.6. The molecule has 0 aromatic heterocycles. The largest absolute Gasteiger partial charge is 0.633 e. The highest BCUT2D eigenvalue weighted by Crippen LogP contribution is 2.78. The second-order valence-electron chi connectivity index (χ2n) is 11.8. The van der Waals surface area contributed by atoms with E-state index in [1.807, 2.05) is 6.92 Å². The number of fused-ring (bicyclic) bond motifs is 2. The molecule has 8 nitrogen and oxygen atoms in total. The lowest BCUT2D eigenvalue weighted by atomic mass is 9.42. The number of nitrogens with zero attached hydrogens (tertiary/aromatic N) is 1. The summed E-state index contributed by atoms with van der Waals surface area (Å²) in [5.41, 5.74) is -2.39. The number of hydrogen-bond donors (Lipinski definition) is 1. The van der Waals surface area contributed by atoms with E-state index in [1.165, 1.54) is 6.92 Å². The Bertz CT molecular complexity index is 880. The summed E-state index contributed by atoms with van der Waals surface area (Å²) in [5, 5.41) is 27.0. The molecular weight excluding hydrogens is 414 g/mol. The van der Waals surface area contributed by atoms with Gasteiger partial charge in [0.15, 0.2) is 0 Å². The van der Waals surface area contributed by atoms with Gasteiger partial charge < -0.3 is 29.2 Å². The Kier molecular flexibility index (Phi) is 4.17. The first-order valence-electron chi connectivity index (χ1n) is 12.3. The van der Waals surface area contributed by atoms with Crippen molar-refractivity contribution in [2.24, 2.45) is 34.5 Å². The SMILES string of the molecule is CC[N+]1([O-])C[C@]2(C)CC[C@H](OC)[C@@]34[C@@H]5C[C@@H]6CC[C@](O)([C@@H]([C@@H](OC(C)=O)[C@H]23)[C@H]41)[C@H]5C(=O)O6. The summed E-state index contributed by atoms with van der Waals surface area (Å²) in [7, 11) is 1.70. The molecule has 3 heterocycles. The van der Waals surface area contributed by atoms with Gasteiger partial charge in [0.05, 0.1) is 42.0 Å². The van der Waals surface area contributed by atoms with Crippen molar-refractivity contribution in [1.29, 1.82) is 0 Å². The summed E-state index contributed by atoms with van der Waals surface area (Å²) >= 11 is 0. The minimum atomic E-state index is -1.41. The quantitative estimate of drug-likeness (QED) is 0.398. The van der Waals surface area contributed by atoms with Gasteiger partial charge in [-0.3, -0.25) is 9.59 Å². The standard InChI is InChI=1S/C24H35NO7/c1-5-25(29)11-22(3)8-7-15(30-4)24-14-10-13-6-9-23(28,16(14)21(27)32-13)17(20(24)25)18(19(22)24)31-12(2)26/h13-20,28H,5-11H2,1-4H3/t13-,14+,15-,16+,17-,18+,19+,20+,22-,23+,24-,25?/m0/s1. The monoisotopic (exact) mass is 449 g/mol. The number of aliphatic hydroxyl groups is 1. The van der Waals surface area contributed by atoms with Crippen LogP contribution in [0.4, 0.5) is 0 Å². The van der Waals surface area contributed by atoms with E-state index in [4.69, 9.17) is 14.2 Å². The minimum absolute atomic E-state index is 0.120. The number of ether oxygens (including phenoxy) is 3. The van der Waals surface area contributed by atoms with E-state index in [2.05, 4.69) is 6.92 Å². The van der Waals surface area contributed by atoms with Crippen LogP contribution in [0.1, 0.15) is 52.9 Å². The zero-order valence-corrected chi connectivity index (χ0v) is 19.4. The molecule has 4 aliphatic carbocycles. The summed E-state index contributed by atoms with van der Waals surface area (Å²) in [6.07, 6.45) is 2.18. The van der Waals surface area contributed by atoms with Crippen LogP contribution < -0.4 is 0 Å². The summed E-state index contributed by atoms with van der Waals surface area (Å²) in [5.74, 6) is -2.38. The maximum Gasteiger partial charge on any atom is 0.312 e. The molecule has 0 amide bonds. The third kappa shape index (κ3) is 2.14. The molecule has 9 bridgehead atoms. The maximum absolute atomic E-state index is 14.7. The Morgan fingerprint density at radius 2 is 2.09 bits per heavy atom. The van der Waals surface area contributed by atoms with Crippen LogP contribution in [0.2, 0.25) is 0 Å². The number of likely N-dealkylation sites (tertiary alicyclic amines) is 1. The molecule has 1 N–H and O–H groups in total. The molecule has 0 aromatic rings. The number of methoxy groups -OCH3 is 1. The number of piperidine rings is 1. The highest BCUT2D eigenvalue weighted by Gasteiger charge is 2.88. The second-order valence-corrected chi connectivity index (χ2v) is 11.8. The van der Waals surface area contributed by atoms with E-state index < -0.39 is 45.6 Å². The Hall–Kier alpha value is -1.22. The second kappa shape index (κ2) is 6.26. The first kappa shape index (κ1) is 21.3. The van der Waals surface area contributed by atoms with Gasteiger partial charge >= 0.3 is 11.9 Å². The van der Waals surface area contributed by atoms with Gasteiger partial charge in [-0.25, -0.2) is 0 Å².